The van der Waals surface area contributed by atoms with Gasteiger partial charge in [0.25, 0.3) is 0 Å². The predicted molar refractivity (Wildman–Crippen MR) is 136 cm³/mol. The average molecular weight is 481 g/mol. The molecule has 6 nitrogen and oxygen atoms in total. The van der Waals surface area contributed by atoms with Crippen molar-refractivity contribution >= 4 is 5.91 Å². The summed E-state index contributed by atoms with van der Waals surface area (Å²) < 4.78 is 13.2. The highest BCUT2D eigenvalue weighted by molar-refractivity contribution is 5.72. The summed E-state index contributed by atoms with van der Waals surface area (Å²) in [5, 5.41) is 12.3. The first kappa shape index (κ1) is 25.8. The lowest BCUT2D eigenvalue weighted by molar-refractivity contribution is -0.276. The second kappa shape index (κ2) is 12.6. The van der Waals surface area contributed by atoms with Gasteiger partial charge < -0.3 is 24.8 Å². The van der Waals surface area contributed by atoms with E-state index in [1.165, 1.54) is 39.0 Å². The summed E-state index contributed by atoms with van der Waals surface area (Å²) in [5.41, 5.74) is 4.04. The van der Waals surface area contributed by atoms with Crippen LogP contribution in [-0.4, -0.2) is 41.7 Å². The van der Waals surface area contributed by atoms with Gasteiger partial charge in [0.15, 0.2) is 6.29 Å². The molecule has 0 aliphatic carbocycles. The molecule has 2 aromatic rings. The number of ether oxygens (including phenoxy) is 2. The van der Waals surface area contributed by atoms with E-state index in [-0.39, 0.29) is 30.6 Å². The average Bonchev–Trinajstić information content (AvgIpc) is 2.86. The van der Waals surface area contributed by atoms with Crippen LogP contribution in [0.15, 0.2) is 48.5 Å². The van der Waals surface area contributed by atoms with Crippen molar-refractivity contribution in [3.8, 4) is 0 Å². The summed E-state index contributed by atoms with van der Waals surface area (Å²) in [6, 6.07) is 16.2. The number of amides is 1. The van der Waals surface area contributed by atoms with Crippen LogP contribution in [0.2, 0.25) is 0 Å². The molecule has 190 valence electrons. The number of aliphatic hydroxyl groups is 1. The molecule has 6 heteroatoms. The number of nitrogens with one attached hydrogen (secondary N) is 1. The van der Waals surface area contributed by atoms with Crippen LogP contribution in [0.5, 0.6) is 0 Å². The molecular formula is C29H40N2O4. The third-order valence-electron chi connectivity index (χ3n) is 7.30. The number of nitrogens with zero attached hydrogens (tertiary/aromatic N) is 1. The highest BCUT2D eigenvalue weighted by atomic mass is 16.7. The zero-order chi connectivity index (χ0) is 24.6. The van der Waals surface area contributed by atoms with Gasteiger partial charge in [-0.25, -0.2) is 0 Å². The minimum atomic E-state index is -0.455. The van der Waals surface area contributed by atoms with E-state index in [1.807, 2.05) is 36.4 Å². The predicted octanol–water partition coefficient (Wildman–Crippen LogP) is 4.87. The van der Waals surface area contributed by atoms with E-state index in [2.05, 4.69) is 29.3 Å². The highest BCUT2D eigenvalue weighted by Gasteiger charge is 2.39. The van der Waals surface area contributed by atoms with Crippen LogP contribution < -0.4 is 5.32 Å². The Bertz CT molecular complexity index is 923. The molecule has 0 radical (unpaired) electrons. The van der Waals surface area contributed by atoms with Gasteiger partial charge in [0, 0.05) is 31.5 Å². The monoisotopic (exact) mass is 480 g/mol. The van der Waals surface area contributed by atoms with Crippen LogP contribution in [0.4, 0.5) is 0 Å². The first-order valence-corrected chi connectivity index (χ1v) is 13.1. The maximum absolute atomic E-state index is 11.2. The molecule has 4 rings (SSSR count). The Morgan fingerprint density at radius 1 is 0.914 bits per heavy atom. The number of carbonyl (C=O) groups excluding carboxylic acids is 1. The van der Waals surface area contributed by atoms with Crippen LogP contribution in [0.1, 0.15) is 80.6 Å². The maximum Gasteiger partial charge on any atom is 0.217 e. The third kappa shape index (κ3) is 7.14. The van der Waals surface area contributed by atoms with Crippen molar-refractivity contribution in [2.75, 3.05) is 19.6 Å². The Morgan fingerprint density at radius 3 is 2.14 bits per heavy atom. The topological polar surface area (TPSA) is 71.0 Å². The minimum absolute atomic E-state index is 0.0372. The first-order valence-electron chi connectivity index (χ1n) is 13.1. The molecule has 0 saturated carbocycles. The van der Waals surface area contributed by atoms with Crippen molar-refractivity contribution in [2.24, 2.45) is 5.92 Å². The Labute approximate surface area is 209 Å². The van der Waals surface area contributed by atoms with Crippen molar-refractivity contribution in [3.05, 3.63) is 70.8 Å². The minimum Gasteiger partial charge on any atom is -0.392 e. The molecule has 2 aliphatic heterocycles. The fourth-order valence-corrected chi connectivity index (χ4v) is 5.10. The zero-order valence-corrected chi connectivity index (χ0v) is 21.1. The van der Waals surface area contributed by atoms with E-state index < -0.39 is 6.29 Å². The van der Waals surface area contributed by atoms with Gasteiger partial charge in [-0.1, -0.05) is 74.7 Å². The Kier molecular flexibility index (Phi) is 9.32. The number of hydrogen-bond donors (Lipinski definition) is 2. The van der Waals surface area contributed by atoms with Gasteiger partial charge in [-0.3, -0.25) is 4.79 Å². The number of likely N-dealkylation sites (tertiary alicyclic amines) is 1. The molecular weight excluding hydrogens is 440 g/mol. The maximum atomic E-state index is 11.2. The van der Waals surface area contributed by atoms with E-state index in [4.69, 9.17) is 9.47 Å². The van der Waals surface area contributed by atoms with Gasteiger partial charge in [0.2, 0.25) is 5.91 Å². The Morgan fingerprint density at radius 2 is 1.51 bits per heavy atom. The number of rotatable bonds is 7. The fourth-order valence-electron chi connectivity index (χ4n) is 5.10. The smallest absolute Gasteiger partial charge is 0.217 e. The molecule has 0 aromatic heterocycles. The number of aliphatic hydroxyl groups excluding tert-OH is 1. The van der Waals surface area contributed by atoms with Gasteiger partial charge in [0.05, 0.1) is 18.8 Å². The quantitative estimate of drug-likeness (QED) is 0.592. The summed E-state index contributed by atoms with van der Waals surface area (Å²) in [7, 11) is 0. The molecule has 35 heavy (non-hydrogen) atoms. The fraction of sp³-hybridized carbons (Fsp3) is 0.552. The normalized spacial score (nSPS) is 26.0. The van der Waals surface area contributed by atoms with Gasteiger partial charge >= 0.3 is 0 Å². The lowest BCUT2D eigenvalue weighted by Crippen LogP contribution is -2.45. The second-order valence-corrected chi connectivity index (χ2v) is 10.0. The lowest BCUT2D eigenvalue weighted by atomic mass is 9.89. The van der Waals surface area contributed by atoms with Crippen LogP contribution in [-0.2, 0) is 27.4 Å². The molecule has 0 spiro atoms. The van der Waals surface area contributed by atoms with Crippen LogP contribution in [0.3, 0.4) is 0 Å². The van der Waals surface area contributed by atoms with Crippen LogP contribution >= 0.6 is 0 Å². The van der Waals surface area contributed by atoms with Gasteiger partial charge in [-0.2, -0.15) is 0 Å². The van der Waals surface area contributed by atoms with Crippen molar-refractivity contribution in [2.45, 2.75) is 77.6 Å². The lowest BCUT2D eigenvalue weighted by Gasteiger charge is -2.43. The molecule has 4 atom stereocenters. The summed E-state index contributed by atoms with van der Waals surface area (Å²) >= 11 is 0. The third-order valence-corrected chi connectivity index (χ3v) is 7.30. The second-order valence-electron chi connectivity index (χ2n) is 10.0. The van der Waals surface area contributed by atoms with Crippen molar-refractivity contribution in [1.29, 1.82) is 0 Å². The number of benzene rings is 2. The Hall–Kier alpha value is -2.25. The summed E-state index contributed by atoms with van der Waals surface area (Å²) in [6.07, 6.45) is 5.98. The number of carbonyl (C=O) groups is 1. The van der Waals surface area contributed by atoms with Gasteiger partial charge in [-0.15, -0.1) is 0 Å². The van der Waals surface area contributed by atoms with Crippen molar-refractivity contribution in [3.63, 3.8) is 0 Å². The molecule has 2 fully saturated rings. The van der Waals surface area contributed by atoms with E-state index in [0.717, 1.165) is 41.9 Å². The Balaban J connectivity index is 1.53. The molecule has 2 aliphatic rings. The molecule has 2 aromatic carbocycles. The van der Waals surface area contributed by atoms with Crippen LogP contribution in [0.25, 0.3) is 0 Å². The van der Waals surface area contributed by atoms with Crippen molar-refractivity contribution in [1.82, 2.24) is 10.2 Å². The largest absolute Gasteiger partial charge is 0.392 e. The molecule has 2 saturated heterocycles. The highest BCUT2D eigenvalue weighted by Crippen LogP contribution is 2.42. The van der Waals surface area contributed by atoms with Crippen LogP contribution in [0, 0.1) is 5.92 Å². The number of hydrogen-bond acceptors (Lipinski definition) is 5. The first-order chi connectivity index (χ1) is 17.0. The van der Waals surface area contributed by atoms with E-state index in [0.29, 0.717) is 6.54 Å². The zero-order valence-electron chi connectivity index (χ0n) is 21.1. The van der Waals surface area contributed by atoms with Gasteiger partial charge in [0.1, 0.15) is 0 Å². The molecule has 2 N–H and O–H groups in total. The molecule has 4 unspecified atom stereocenters. The molecule has 0 bridgehead atoms. The summed E-state index contributed by atoms with van der Waals surface area (Å²) in [6.45, 7) is 7.47. The summed E-state index contributed by atoms with van der Waals surface area (Å²) in [4.78, 5) is 13.8. The van der Waals surface area contributed by atoms with E-state index >= 15 is 0 Å². The van der Waals surface area contributed by atoms with E-state index in [1.54, 1.807) is 0 Å². The molecule has 1 amide bonds. The standard InChI is InChI=1S/C29H40N2O4/c1-21-27(19-31-16-6-4-3-5-7-17-31)34-29(26-14-8-23(9-15-26)18-30-22(2)33)35-28(21)25-12-10-24(20-32)11-13-25/h8-15,21,27-29,32H,3-7,16-20H2,1-2H3,(H,30,33). The van der Waals surface area contributed by atoms with Crippen molar-refractivity contribution < 1.29 is 19.4 Å². The summed E-state index contributed by atoms with van der Waals surface area (Å²) in [5.74, 6) is 0.153. The molecule has 2 heterocycles. The van der Waals surface area contributed by atoms with E-state index in [9.17, 15) is 9.90 Å². The van der Waals surface area contributed by atoms with Gasteiger partial charge in [-0.05, 0) is 42.6 Å². The SMILES string of the molecule is CC(=O)NCc1ccc(C2OC(CN3CCCCCCC3)C(C)C(c3ccc(CO)cc3)O2)cc1.